The molecular formula is C18H26N4OS. The minimum absolute atomic E-state index is 0.0510. The van der Waals surface area contributed by atoms with Gasteiger partial charge in [0, 0.05) is 25.7 Å². The van der Waals surface area contributed by atoms with Crippen LogP contribution in [0.4, 0.5) is 0 Å². The van der Waals surface area contributed by atoms with Gasteiger partial charge in [0.05, 0.1) is 12.1 Å². The Morgan fingerprint density at radius 2 is 1.96 bits per heavy atom. The lowest BCUT2D eigenvalue weighted by molar-refractivity contribution is 0.323. The molecule has 0 amide bonds. The van der Waals surface area contributed by atoms with Crippen LogP contribution in [0.2, 0.25) is 0 Å². The zero-order valence-corrected chi connectivity index (χ0v) is 15.9. The van der Waals surface area contributed by atoms with E-state index in [0.717, 1.165) is 35.1 Å². The van der Waals surface area contributed by atoms with E-state index in [2.05, 4.69) is 34.3 Å². The van der Waals surface area contributed by atoms with Crippen molar-refractivity contribution < 1.29 is 0 Å². The highest BCUT2D eigenvalue weighted by Gasteiger charge is 2.13. The fraction of sp³-hybridized carbons (Fsp3) is 0.444. The molecule has 1 aromatic heterocycles. The number of fused-ring (bicyclic) bond motifs is 1. The van der Waals surface area contributed by atoms with Crippen molar-refractivity contribution in [1.29, 1.82) is 0 Å². The number of H-pyrrole nitrogens is 1. The highest BCUT2D eigenvalue weighted by molar-refractivity contribution is 7.80. The smallest absolute Gasteiger partial charge is 0.253 e. The third kappa shape index (κ3) is 4.13. The van der Waals surface area contributed by atoms with Gasteiger partial charge in [0.1, 0.15) is 0 Å². The van der Waals surface area contributed by atoms with Crippen LogP contribution in [-0.2, 0) is 6.54 Å². The summed E-state index contributed by atoms with van der Waals surface area (Å²) in [7, 11) is 5.85. The Balaban J connectivity index is 2.36. The Morgan fingerprint density at radius 1 is 1.25 bits per heavy atom. The van der Waals surface area contributed by atoms with Crippen LogP contribution in [0.1, 0.15) is 16.7 Å². The molecule has 2 aromatic rings. The first kappa shape index (κ1) is 18.4. The van der Waals surface area contributed by atoms with Gasteiger partial charge in [0.2, 0.25) is 0 Å². The molecule has 0 unspecified atom stereocenters. The summed E-state index contributed by atoms with van der Waals surface area (Å²) in [5.41, 5.74) is 3.88. The van der Waals surface area contributed by atoms with E-state index in [1.807, 2.05) is 39.0 Å². The molecule has 0 radical (unpaired) electrons. The highest BCUT2D eigenvalue weighted by atomic mass is 32.1. The summed E-state index contributed by atoms with van der Waals surface area (Å²) in [6.07, 6.45) is 0. The Morgan fingerprint density at radius 3 is 2.58 bits per heavy atom. The van der Waals surface area contributed by atoms with Crippen LogP contribution in [0.3, 0.4) is 0 Å². The van der Waals surface area contributed by atoms with Gasteiger partial charge in [-0.05, 0) is 62.7 Å². The van der Waals surface area contributed by atoms with Crippen LogP contribution in [0, 0.1) is 13.8 Å². The predicted molar refractivity (Wildman–Crippen MR) is 105 cm³/mol. The standard InChI is InChI=1S/C18H26N4OS/c1-12-6-7-14-10-15(17(23)20-16(14)13(12)2)11-22(18(24)19-3)9-8-21(4)5/h6-7,10H,8-9,11H2,1-5H3,(H,19,24)(H,20,23). The van der Waals surface area contributed by atoms with Crippen molar-refractivity contribution in [2.24, 2.45) is 0 Å². The van der Waals surface area contributed by atoms with E-state index in [1.54, 1.807) is 0 Å². The molecule has 0 saturated heterocycles. The second-order valence-corrected chi connectivity index (χ2v) is 6.76. The van der Waals surface area contributed by atoms with E-state index in [-0.39, 0.29) is 5.56 Å². The van der Waals surface area contributed by atoms with Crippen LogP contribution in [0.5, 0.6) is 0 Å². The Bertz CT molecular complexity index is 797. The number of nitrogens with one attached hydrogen (secondary N) is 2. The molecule has 130 valence electrons. The highest BCUT2D eigenvalue weighted by Crippen LogP contribution is 2.19. The van der Waals surface area contributed by atoms with Gasteiger partial charge < -0.3 is 20.1 Å². The number of aromatic nitrogens is 1. The molecule has 0 fully saturated rings. The third-order valence-electron chi connectivity index (χ3n) is 4.31. The van der Waals surface area contributed by atoms with Gasteiger partial charge in [-0.1, -0.05) is 12.1 Å². The number of nitrogens with zero attached hydrogens (tertiary/aromatic N) is 2. The molecule has 0 aliphatic rings. The summed E-state index contributed by atoms with van der Waals surface area (Å²) in [6.45, 7) is 6.20. The van der Waals surface area contributed by atoms with Crippen LogP contribution in [0.15, 0.2) is 23.0 Å². The van der Waals surface area contributed by atoms with Crippen molar-refractivity contribution in [2.45, 2.75) is 20.4 Å². The van der Waals surface area contributed by atoms with Gasteiger partial charge in [-0.2, -0.15) is 0 Å². The van der Waals surface area contributed by atoms with Crippen LogP contribution < -0.4 is 10.9 Å². The fourth-order valence-electron chi connectivity index (χ4n) is 2.62. The number of aromatic amines is 1. The van der Waals surface area contributed by atoms with E-state index in [9.17, 15) is 4.79 Å². The summed E-state index contributed by atoms with van der Waals surface area (Å²) >= 11 is 5.39. The van der Waals surface area contributed by atoms with Gasteiger partial charge in [-0.3, -0.25) is 4.79 Å². The van der Waals surface area contributed by atoms with Gasteiger partial charge in [0.15, 0.2) is 5.11 Å². The van der Waals surface area contributed by atoms with Crippen LogP contribution in [-0.4, -0.2) is 54.1 Å². The maximum atomic E-state index is 12.5. The Labute approximate surface area is 148 Å². The predicted octanol–water partition coefficient (Wildman–Crippen LogP) is 2.01. The number of likely N-dealkylation sites (N-methyl/N-ethyl adjacent to an activating group) is 1. The fourth-order valence-corrected chi connectivity index (χ4v) is 2.78. The Kier molecular flexibility index (Phi) is 5.96. The first-order valence-corrected chi connectivity index (χ1v) is 8.47. The summed E-state index contributed by atoms with van der Waals surface area (Å²) < 4.78 is 0. The average molecular weight is 347 g/mol. The first-order chi connectivity index (χ1) is 11.3. The van der Waals surface area contributed by atoms with Crippen LogP contribution >= 0.6 is 12.2 Å². The minimum Gasteiger partial charge on any atom is -0.366 e. The molecule has 6 heteroatoms. The normalized spacial score (nSPS) is 11.1. The topological polar surface area (TPSA) is 51.4 Å². The van der Waals surface area contributed by atoms with E-state index in [1.165, 1.54) is 5.56 Å². The molecule has 1 heterocycles. The van der Waals surface area contributed by atoms with Gasteiger partial charge in [-0.25, -0.2) is 0 Å². The number of hydrogen-bond donors (Lipinski definition) is 2. The summed E-state index contributed by atoms with van der Waals surface area (Å²) in [4.78, 5) is 19.7. The average Bonchev–Trinajstić information content (AvgIpc) is 2.55. The number of aryl methyl sites for hydroxylation is 2. The molecule has 0 aliphatic carbocycles. The maximum Gasteiger partial charge on any atom is 0.253 e. The van der Waals surface area contributed by atoms with E-state index < -0.39 is 0 Å². The molecule has 0 spiro atoms. The zero-order valence-electron chi connectivity index (χ0n) is 15.1. The number of pyridine rings is 1. The number of hydrogen-bond acceptors (Lipinski definition) is 3. The van der Waals surface area contributed by atoms with Crippen molar-refractivity contribution in [3.8, 4) is 0 Å². The molecule has 0 saturated carbocycles. The van der Waals surface area contributed by atoms with Crippen LogP contribution in [0.25, 0.3) is 10.9 Å². The number of rotatable bonds is 5. The Hall–Kier alpha value is -1.92. The lowest BCUT2D eigenvalue weighted by Crippen LogP contribution is -2.42. The largest absolute Gasteiger partial charge is 0.366 e. The van der Waals surface area contributed by atoms with Crippen molar-refractivity contribution >= 4 is 28.2 Å². The van der Waals surface area contributed by atoms with Gasteiger partial charge in [0.25, 0.3) is 5.56 Å². The van der Waals surface area contributed by atoms with E-state index >= 15 is 0 Å². The number of thiocarbonyl (C=S) groups is 1. The van der Waals surface area contributed by atoms with Crippen molar-refractivity contribution in [3.63, 3.8) is 0 Å². The second kappa shape index (κ2) is 7.77. The third-order valence-corrected chi connectivity index (χ3v) is 4.77. The SMILES string of the molecule is CNC(=S)N(CCN(C)C)Cc1cc2ccc(C)c(C)c2[nH]c1=O. The van der Waals surface area contributed by atoms with Crippen molar-refractivity contribution in [2.75, 3.05) is 34.2 Å². The molecule has 0 bridgehead atoms. The summed E-state index contributed by atoms with van der Waals surface area (Å²) in [5, 5.41) is 4.71. The number of benzene rings is 1. The maximum absolute atomic E-state index is 12.5. The molecule has 2 rings (SSSR count). The van der Waals surface area contributed by atoms with Crippen molar-refractivity contribution in [1.82, 2.24) is 20.1 Å². The quantitative estimate of drug-likeness (QED) is 0.811. The molecular weight excluding hydrogens is 320 g/mol. The van der Waals surface area contributed by atoms with E-state index in [4.69, 9.17) is 12.2 Å². The lowest BCUT2D eigenvalue weighted by atomic mass is 10.0. The summed E-state index contributed by atoms with van der Waals surface area (Å²) in [5.74, 6) is 0. The van der Waals surface area contributed by atoms with Gasteiger partial charge >= 0.3 is 0 Å². The van der Waals surface area contributed by atoms with Crippen molar-refractivity contribution in [3.05, 3.63) is 45.2 Å². The van der Waals surface area contributed by atoms with Gasteiger partial charge in [-0.15, -0.1) is 0 Å². The molecule has 0 aliphatic heterocycles. The zero-order chi connectivity index (χ0) is 17.9. The molecule has 24 heavy (non-hydrogen) atoms. The lowest BCUT2D eigenvalue weighted by Gasteiger charge is -2.26. The molecule has 1 aromatic carbocycles. The first-order valence-electron chi connectivity index (χ1n) is 8.07. The minimum atomic E-state index is -0.0510. The molecule has 2 N–H and O–H groups in total. The second-order valence-electron chi connectivity index (χ2n) is 6.38. The monoisotopic (exact) mass is 346 g/mol. The molecule has 5 nitrogen and oxygen atoms in total. The summed E-state index contributed by atoms with van der Waals surface area (Å²) in [6, 6.07) is 6.11. The molecule has 0 atom stereocenters. The van der Waals surface area contributed by atoms with E-state index in [0.29, 0.717) is 11.7 Å².